The maximum Gasteiger partial charge on any atom is 0.177 e. The van der Waals surface area contributed by atoms with Crippen LogP contribution in [0.25, 0.3) is 0 Å². The monoisotopic (exact) mass is 178 g/mol. The van der Waals surface area contributed by atoms with Gasteiger partial charge < -0.3 is 4.98 Å². The first-order valence-electron chi connectivity index (χ1n) is 4.32. The maximum atomic E-state index is 11.1. The quantitative estimate of drug-likeness (QED) is 0.568. The van der Waals surface area contributed by atoms with Crippen molar-refractivity contribution in [3.8, 4) is 0 Å². The number of H-pyrrole nitrogens is 1. The van der Waals surface area contributed by atoms with Crippen molar-refractivity contribution in [2.75, 3.05) is 0 Å². The Morgan fingerprint density at radius 3 is 2.85 bits per heavy atom. The fourth-order valence-corrected chi connectivity index (χ4v) is 1.21. The number of allylic oxidation sites excluding steroid dienone is 2. The van der Waals surface area contributed by atoms with Crippen LogP contribution < -0.4 is 0 Å². The summed E-state index contributed by atoms with van der Waals surface area (Å²) in [5.41, 5.74) is 1.47. The van der Waals surface area contributed by atoms with E-state index >= 15 is 0 Å². The highest BCUT2D eigenvalue weighted by atomic mass is 16.1. The molecule has 0 aliphatic heterocycles. The van der Waals surface area contributed by atoms with Crippen LogP contribution in [0.1, 0.15) is 35.9 Å². The van der Waals surface area contributed by atoms with Crippen molar-refractivity contribution in [2.24, 2.45) is 0 Å². The largest absolute Gasteiger partial charge is 0.340 e. The lowest BCUT2D eigenvalue weighted by Gasteiger charge is -1.92. The van der Waals surface area contributed by atoms with Gasteiger partial charge >= 0.3 is 0 Å². The number of ketones is 1. The van der Waals surface area contributed by atoms with Gasteiger partial charge in [-0.2, -0.15) is 0 Å². The number of nitrogens with zero attached hydrogens (tertiary/aromatic N) is 1. The number of aromatic amines is 1. The Hall–Kier alpha value is -1.38. The van der Waals surface area contributed by atoms with E-state index in [1.807, 2.05) is 26.0 Å². The van der Waals surface area contributed by atoms with Crippen LogP contribution in [0.2, 0.25) is 0 Å². The number of imidazole rings is 1. The Morgan fingerprint density at radius 1 is 1.62 bits per heavy atom. The Kier molecular flexibility index (Phi) is 3.01. The lowest BCUT2D eigenvalue weighted by Crippen LogP contribution is -1.97. The van der Waals surface area contributed by atoms with Crippen LogP contribution >= 0.6 is 0 Å². The number of aryl methyl sites for hydroxylation is 1. The number of aromatic nitrogens is 2. The summed E-state index contributed by atoms with van der Waals surface area (Å²) in [4.78, 5) is 18.3. The molecule has 0 saturated carbocycles. The molecule has 0 amide bonds. The molecule has 3 heteroatoms. The number of hydrogen-bond donors (Lipinski definition) is 1. The highest BCUT2D eigenvalue weighted by Crippen LogP contribution is 2.07. The molecule has 1 aromatic heterocycles. The second-order valence-corrected chi connectivity index (χ2v) is 2.97. The molecule has 1 N–H and O–H groups in total. The predicted molar refractivity (Wildman–Crippen MR) is 51.8 cm³/mol. The molecular formula is C10H14N2O. The van der Waals surface area contributed by atoms with Crippen LogP contribution in [0.4, 0.5) is 0 Å². The lowest BCUT2D eigenvalue weighted by molar-refractivity contribution is 0.101. The maximum absolute atomic E-state index is 11.1. The van der Waals surface area contributed by atoms with Crippen LogP contribution in [0, 0.1) is 6.92 Å². The summed E-state index contributed by atoms with van der Waals surface area (Å²) in [5, 5.41) is 0. The summed E-state index contributed by atoms with van der Waals surface area (Å²) in [5.74, 6) is 0.838. The summed E-state index contributed by atoms with van der Waals surface area (Å²) in [7, 11) is 0. The number of carbonyl (C=O) groups is 1. The van der Waals surface area contributed by atoms with Gasteiger partial charge in [0.15, 0.2) is 5.78 Å². The summed E-state index contributed by atoms with van der Waals surface area (Å²) < 4.78 is 0. The first-order valence-corrected chi connectivity index (χ1v) is 4.32. The molecule has 0 aliphatic carbocycles. The smallest absolute Gasteiger partial charge is 0.177 e. The van der Waals surface area contributed by atoms with Crippen LogP contribution in [-0.2, 0) is 6.42 Å². The Bertz CT molecular complexity index is 337. The van der Waals surface area contributed by atoms with Crippen molar-refractivity contribution < 1.29 is 4.79 Å². The van der Waals surface area contributed by atoms with E-state index in [2.05, 4.69) is 9.97 Å². The second kappa shape index (κ2) is 4.03. The summed E-state index contributed by atoms with van der Waals surface area (Å²) in [6.07, 6.45) is 4.66. The zero-order valence-corrected chi connectivity index (χ0v) is 8.22. The van der Waals surface area contributed by atoms with E-state index in [0.717, 1.165) is 17.9 Å². The molecule has 70 valence electrons. The van der Waals surface area contributed by atoms with Crippen molar-refractivity contribution in [1.29, 1.82) is 0 Å². The zero-order chi connectivity index (χ0) is 9.84. The minimum absolute atomic E-state index is 0.0418. The van der Waals surface area contributed by atoms with E-state index in [4.69, 9.17) is 0 Å². The molecule has 0 aliphatic rings. The third kappa shape index (κ3) is 2.28. The van der Waals surface area contributed by atoms with Gasteiger partial charge in [-0.05, 0) is 13.8 Å². The first kappa shape index (κ1) is 9.71. The predicted octanol–water partition coefficient (Wildman–Crippen LogP) is 2.04. The van der Waals surface area contributed by atoms with Crippen LogP contribution in [0.3, 0.4) is 0 Å². The molecule has 0 atom stereocenters. The molecule has 0 aromatic carbocycles. The van der Waals surface area contributed by atoms with Crippen LogP contribution in [-0.4, -0.2) is 15.8 Å². The van der Waals surface area contributed by atoms with Crippen molar-refractivity contribution in [3.05, 3.63) is 29.4 Å². The highest BCUT2D eigenvalue weighted by Gasteiger charge is 2.10. The van der Waals surface area contributed by atoms with E-state index in [1.165, 1.54) is 0 Å². The molecule has 0 unspecified atom stereocenters. The van der Waals surface area contributed by atoms with Gasteiger partial charge in [-0.1, -0.05) is 12.2 Å². The number of hydrogen-bond acceptors (Lipinski definition) is 2. The Labute approximate surface area is 77.9 Å². The first-order chi connectivity index (χ1) is 6.15. The number of nitrogens with one attached hydrogen (secondary N) is 1. The lowest BCUT2D eigenvalue weighted by atomic mass is 10.2. The minimum atomic E-state index is 0.0418. The zero-order valence-electron chi connectivity index (χ0n) is 8.22. The standard InChI is InChI=1S/C10H14N2O/c1-4-5-6-9-10(7(2)13)12-8(3)11-9/h4-5H,6H2,1-3H3,(H,11,12). The van der Waals surface area contributed by atoms with Gasteiger partial charge in [0.2, 0.25) is 0 Å². The van der Waals surface area contributed by atoms with Gasteiger partial charge in [-0.25, -0.2) is 4.98 Å². The van der Waals surface area contributed by atoms with Gasteiger partial charge in [0.25, 0.3) is 0 Å². The van der Waals surface area contributed by atoms with Gasteiger partial charge in [0.1, 0.15) is 11.5 Å². The second-order valence-electron chi connectivity index (χ2n) is 2.97. The fourth-order valence-electron chi connectivity index (χ4n) is 1.21. The third-order valence-corrected chi connectivity index (χ3v) is 1.80. The fraction of sp³-hybridized carbons (Fsp3) is 0.400. The van der Waals surface area contributed by atoms with Gasteiger partial charge in [0, 0.05) is 13.3 Å². The molecule has 0 saturated heterocycles. The molecule has 0 radical (unpaired) electrons. The van der Waals surface area contributed by atoms with Crippen molar-refractivity contribution in [2.45, 2.75) is 27.2 Å². The van der Waals surface area contributed by atoms with Crippen LogP contribution in [0.15, 0.2) is 12.2 Å². The van der Waals surface area contributed by atoms with Gasteiger partial charge in [-0.3, -0.25) is 4.79 Å². The number of rotatable bonds is 3. The number of Topliss-reactive ketones (excluding diaryl/α,β-unsaturated/α-hetero) is 1. The Morgan fingerprint density at radius 2 is 2.31 bits per heavy atom. The van der Waals surface area contributed by atoms with E-state index in [9.17, 15) is 4.79 Å². The summed E-state index contributed by atoms with van der Waals surface area (Å²) >= 11 is 0. The molecule has 0 fully saturated rings. The SMILES string of the molecule is CC=CCc1nc(C)[nH]c1C(C)=O. The van der Waals surface area contributed by atoms with Crippen molar-refractivity contribution in [3.63, 3.8) is 0 Å². The Balaban J connectivity index is 2.97. The highest BCUT2D eigenvalue weighted by molar-refractivity contribution is 5.93. The molecular weight excluding hydrogens is 164 g/mol. The van der Waals surface area contributed by atoms with E-state index in [-0.39, 0.29) is 5.78 Å². The molecule has 1 rings (SSSR count). The summed E-state index contributed by atoms with van der Waals surface area (Å²) in [6, 6.07) is 0. The summed E-state index contributed by atoms with van der Waals surface area (Å²) in [6.45, 7) is 5.35. The van der Waals surface area contributed by atoms with Crippen molar-refractivity contribution >= 4 is 5.78 Å². The topological polar surface area (TPSA) is 45.8 Å². The average Bonchev–Trinajstić information content (AvgIpc) is 2.43. The average molecular weight is 178 g/mol. The van der Waals surface area contributed by atoms with Gasteiger partial charge in [0.05, 0.1) is 5.69 Å². The van der Waals surface area contributed by atoms with E-state index < -0.39 is 0 Å². The third-order valence-electron chi connectivity index (χ3n) is 1.80. The van der Waals surface area contributed by atoms with Crippen LogP contribution in [0.5, 0.6) is 0 Å². The van der Waals surface area contributed by atoms with Gasteiger partial charge in [-0.15, -0.1) is 0 Å². The number of carbonyl (C=O) groups excluding carboxylic acids is 1. The van der Waals surface area contributed by atoms with E-state index in [1.54, 1.807) is 6.92 Å². The molecule has 1 heterocycles. The molecule has 3 nitrogen and oxygen atoms in total. The minimum Gasteiger partial charge on any atom is -0.340 e. The van der Waals surface area contributed by atoms with E-state index in [0.29, 0.717) is 5.69 Å². The molecule has 1 aromatic rings. The molecule has 13 heavy (non-hydrogen) atoms. The molecule has 0 spiro atoms. The molecule has 0 bridgehead atoms. The normalized spacial score (nSPS) is 11.0. The van der Waals surface area contributed by atoms with Crippen molar-refractivity contribution in [1.82, 2.24) is 9.97 Å².